The maximum Gasteiger partial charge on any atom is 0.327 e. The molecule has 1 unspecified atom stereocenters. The number of amides is 2. The lowest BCUT2D eigenvalue weighted by Gasteiger charge is -2.39. The summed E-state index contributed by atoms with van der Waals surface area (Å²) in [5.41, 5.74) is 0.818. The topological polar surface area (TPSA) is 130 Å². The Morgan fingerprint density at radius 3 is 2.34 bits per heavy atom. The summed E-state index contributed by atoms with van der Waals surface area (Å²) >= 11 is 0. The highest BCUT2D eigenvalue weighted by Gasteiger charge is 2.34. The van der Waals surface area contributed by atoms with E-state index in [9.17, 15) is 22.4 Å². The van der Waals surface area contributed by atoms with Crippen LogP contribution < -0.4 is 30.3 Å². The van der Waals surface area contributed by atoms with Crippen LogP contribution in [0.2, 0.25) is 0 Å². The van der Waals surface area contributed by atoms with E-state index < -0.39 is 27.9 Å². The third-order valence-electron chi connectivity index (χ3n) is 9.26. The van der Waals surface area contributed by atoms with Crippen LogP contribution in [-0.4, -0.2) is 99.1 Å². The predicted molar refractivity (Wildman–Crippen MR) is 191 cm³/mol. The number of benzene rings is 3. The van der Waals surface area contributed by atoms with Crippen molar-refractivity contribution in [2.75, 3.05) is 81.0 Å². The van der Waals surface area contributed by atoms with Crippen molar-refractivity contribution in [2.24, 2.45) is 0 Å². The molecule has 4 aromatic rings. The number of fused-ring (bicyclic) bond motifs is 1. The van der Waals surface area contributed by atoms with Crippen LogP contribution in [0.15, 0.2) is 71.5 Å². The minimum absolute atomic E-state index is 0.0502. The fraction of sp³-hybridized carbons (Fsp3) is 0.400. The minimum atomic E-state index is -3.50. The highest BCUT2D eigenvalue weighted by atomic mass is 32.2. The quantitative estimate of drug-likeness (QED) is 0.246. The molecule has 13 nitrogen and oxygen atoms in total. The summed E-state index contributed by atoms with van der Waals surface area (Å²) in [5, 5.41) is 5.01. The molecule has 2 aliphatic heterocycles. The van der Waals surface area contributed by atoms with Crippen LogP contribution in [-0.2, 0) is 10.0 Å². The molecule has 0 radical (unpaired) electrons. The number of urea groups is 1. The van der Waals surface area contributed by atoms with Crippen molar-refractivity contribution in [3.8, 4) is 11.5 Å². The van der Waals surface area contributed by atoms with Crippen molar-refractivity contribution < 1.29 is 27.1 Å². The Balaban J connectivity index is 1.37. The Morgan fingerprint density at radius 2 is 1.66 bits per heavy atom. The molecule has 0 aliphatic carbocycles. The number of hydrogen-bond acceptors (Lipinski definition) is 9. The van der Waals surface area contributed by atoms with E-state index in [4.69, 9.17) is 14.5 Å². The Labute approximate surface area is 290 Å². The summed E-state index contributed by atoms with van der Waals surface area (Å²) in [6.07, 6.45) is 2.18. The number of methoxy groups -OCH3 is 2. The number of halogens is 1. The Morgan fingerprint density at radius 1 is 0.960 bits per heavy atom. The molecule has 6 rings (SSSR count). The monoisotopic (exact) mass is 707 g/mol. The van der Waals surface area contributed by atoms with Crippen molar-refractivity contribution in [3.05, 3.63) is 88.7 Å². The van der Waals surface area contributed by atoms with Crippen LogP contribution in [0.1, 0.15) is 31.6 Å². The van der Waals surface area contributed by atoms with Gasteiger partial charge in [0.2, 0.25) is 10.0 Å². The van der Waals surface area contributed by atoms with Crippen molar-refractivity contribution >= 4 is 38.3 Å². The van der Waals surface area contributed by atoms with Crippen LogP contribution >= 0.6 is 0 Å². The maximum absolute atomic E-state index is 14.3. The van der Waals surface area contributed by atoms with Crippen molar-refractivity contribution in [3.63, 3.8) is 0 Å². The first kappa shape index (κ1) is 35.1. The standard InChI is InChI=1S/C35H42FN7O6S/c1-25(42(31-15-14-28(48-2)24-32(31)49-3)35(45)37-27-12-10-26(36)11-13-27)33-38-30-9-5-4-8-29(30)34(44)43(33)40-18-20-41(21-19-40)50(46,47)23-22-39-16-6-7-17-39/h4-5,8-15,24-25H,6-7,16-23H2,1-3H3,(H,37,45). The highest BCUT2D eigenvalue weighted by Crippen LogP contribution is 2.37. The number of nitrogens with zero attached hydrogens (tertiary/aromatic N) is 6. The molecule has 50 heavy (non-hydrogen) atoms. The van der Waals surface area contributed by atoms with Gasteiger partial charge in [0.1, 0.15) is 17.3 Å². The molecule has 1 N–H and O–H groups in total. The molecule has 0 spiro atoms. The van der Waals surface area contributed by atoms with Gasteiger partial charge in [-0.3, -0.25) is 9.69 Å². The zero-order chi connectivity index (χ0) is 35.4. The molecule has 2 fully saturated rings. The summed E-state index contributed by atoms with van der Waals surface area (Å²) in [6, 6.07) is 15.9. The number of aromatic nitrogens is 2. The number of carbonyl (C=O) groups excluding carboxylic acids is 1. The lowest BCUT2D eigenvalue weighted by molar-refractivity contribution is 0.254. The second kappa shape index (κ2) is 15.0. The number of ether oxygens (including phenoxy) is 2. The maximum atomic E-state index is 14.3. The third-order valence-corrected chi connectivity index (χ3v) is 11.1. The molecule has 2 saturated heterocycles. The Kier molecular flexibility index (Phi) is 10.6. The summed E-state index contributed by atoms with van der Waals surface area (Å²) in [7, 11) is -0.507. The molecular formula is C35H42FN7O6S. The summed E-state index contributed by atoms with van der Waals surface area (Å²) in [5.74, 6) is 0.688. The molecule has 2 aliphatic rings. The molecule has 15 heteroatoms. The Hall–Kier alpha value is -4.73. The minimum Gasteiger partial charge on any atom is -0.497 e. The first-order valence-electron chi connectivity index (χ1n) is 16.6. The van der Waals surface area contributed by atoms with E-state index in [0.29, 0.717) is 40.3 Å². The number of carbonyl (C=O) groups is 1. The van der Waals surface area contributed by atoms with Gasteiger partial charge in [0, 0.05) is 44.5 Å². The zero-order valence-electron chi connectivity index (χ0n) is 28.4. The average Bonchev–Trinajstić information content (AvgIpc) is 3.66. The Bertz CT molecular complexity index is 2000. The van der Waals surface area contributed by atoms with Crippen molar-refractivity contribution in [1.82, 2.24) is 18.9 Å². The second-order valence-corrected chi connectivity index (χ2v) is 14.4. The number of nitrogens with one attached hydrogen (secondary N) is 1. The average molecular weight is 708 g/mol. The normalized spacial score (nSPS) is 16.4. The van der Waals surface area contributed by atoms with Gasteiger partial charge in [-0.2, -0.15) is 4.31 Å². The van der Waals surface area contributed by atoms with Gasteiger partial charge < -0.3 is 24.7 Å². The fourth-order valence-corrected chi connectivity index (χ4v) is 8.00. The molecule has 0 saturated carbocycles. The molecule has 1 aromatic heterocycles. The van der Waals surface area contributed by atoms with E-state index in [2.05, 4.69) is 10.2 Å². The number of likely N-dealkylation sites (tertiary alicyclic amines) is 1. The summed E-state index contributed by atoms with van der Waals surface area (Å²) in [6.45, 7) is 4.94. The van der Waals surface area contributed by atoms with Gasteiger partial charge in [0.25, 0.3) is 5.56 Å². The SMILES string of the molecule is COc1ccc(N(C(=O)Nc2ccc(F)cc2)C(C)c2nc3ccccc3c(=O)n2N2CCN(S(=O)(=O)CCN3CCCC3)CC2)c(OC)c1. The molecule has 3 heterocycles. The number of anilines is 2. The van der Waals surface area contributed by atoms with Crippen LogP contribution in [0.5, 0.6) is 11.5 Å². The van der Waals surface area contributed by atoms with E-state index in [1.54, 1.807) is 54.4 Å². The van der Waals surface area contributed by atoms with Crippen LogP contribution in [0, 0.1) is 5.82 Å². The summed E-state index contributed by atoms with van der Waals surface area (Å²) in [4.78, 5) is 37.0. The van der Waals surface area contributed by atoms with E-state index in [1.165, 1.54) is 52.4 Å². The zero-order valence-corrected chi connectivity index (χ0v) is 29.2. The molecule has 1 atom stereocenters. The van der Waals surface area contributed by atoms with E-state index in [1.807, 2.05) is 0 Å². The van der Waals surface area contributed by atoms with Gasteiger partial charge in [-0.1, -0.05) is 12.1 Å². The van der Waals surface area contributed by atoms with Gasteiger partial charge in [-0.05, 0) is 81.4 Å². The van der Waals surface area contributed by atoms with E-state index in [-0.39, 0.29) is 43.3 Å². The summed E-state index contributed by atoms with van der Waals surface area (Å²) < 4.78 is 54.4. The van der Waals surface area contributed by atoms with Crippen molar-refractivity contribution in [1.29, 1.82) is 0 Å². The largest absolute Gasteiger partial charge is 0.497 e. The molecule has 266 valence electrons. The second-order valence-electron chi connectivity index (χ2n) is 12.3. The third kappa shape index (κ3) is 7.39. The first-order valence-corrected chi connectivity index (χ1v) is 18.3. The molecule has 2 amide bonds. The lowest BCUT2D eigenvalue weighted by atomic mass is 10.1. The highest BCUT2D eigenvalue weighted by molar-refractivity contribution is 7.89. The smallest absolute Gasteiger partial charge is 0.327 e. The number of hydrogen-bond donors (Lipinski definition) is 1. The number of sulfonamides is 1. The molecule has 0 bridgehead atoms. The van der Waals surface area contributed by atoms with Crippen LogP contribution in [0.4, 0.5) is 20.6 Å². The van der Waals surface area contributed by atoms with E-state index in [0.717, 1.165) is 25.9 Å². The molecular weight excluding hydrogens is 665 g/mol. The van der Waals surface area contributed by atoms with Gasteiger partial charge in [-0.25, -0.2) is 27.3 Å². The number of para-hydroxylation sites is 1. The first-order chi connectivity index (χ1) is 24.1. The lowest BCUT2D eigenvalue weighted by Crippen LogP contribution is -2.57. The van der Waals surface area contributed by atoms with Gasteiger partial charge in [0.05, 0.1) is 42.6 Å². The van der Waals surface area contributed by atoms with Gasteiger partial charge in [0.15, 0.2) is 5.82 Å². The van der Waals surface area contributed by atoms with Gasteiger partial charge in [-0.15, -0.1) is 0 Å². The predicted octanol–water partition coefficient (Wildman–Crippen LogP) is 4.03. The van der Waals surface area contributed by atoms with Gasteiger partial charge >= 0.3 is 6.03 Å². The van der Waals surface area contributed by atoms with Crippen LogP contribution in [0.3, 0.4) is 0 Å². The van der Waals surface area contributed by atoms with Crippen LogP contribution in [0.25, 0.3) is 10.9 Å². The number of piperazine rings is 1. The van der Waals surface area contributed by atoms with Crippen molar-refractivity contribution in [2.45, 2.75) is 25.8 Å². The van der Waals surface area contributed by atoms with E-state index >= 15 is 0 Å². The number of rotatable bonds is 11. The molecule has 3 aromatic carbocycles. The fourth-order valence-electron chi connectivity index (χ4n) is 6.53.